The van der Waals surface area contributed by atoms with Gasteiger partial charge in [-0.2, -0.15) is 5.10 Å². The minimum absolute atomic E-state index is 0.159. The van der Waals surface area contributed by atoms with Gasteiger partial charge in [-0.25, -0.2) is 5.43 Å². The lowest BCUT2D eigenvalue weighted by Gasteiger charge is -2.23. The highest BCUT2D eigenvalue weighted by molar-refractivity contribution is 7.12. The van der Waals surface area contributed by atoms with E-state index in [1.165, 1.54) is 43.4 Å². The Morgan fingerprint density at radius 2 is 2.19 bits per heavy atom. The third-order valence-electron chi connectivity index (χ3n) is 3.86. The zero-order chi connectivity index (χ0) is 14.5. The van der Waals surface area contributed by atoms with Crippen LogP contribution >= 0.6 is 11.3 Å². The molecule has 1 amide bonds. The summed E-state index contributed by atoms with van der Waals surface area (Å²) >= 11 is 1.41. The van der Waals surface area contributed by atoms with Crippen LogP contribution in [0.3, 0.4) is 0 Å². The highest BCUT2D eigenvalue weighted by atomic mass is 32.1. The number of carbonyl (C=O) groups excluding carboxylic acids is 1. The Hall–Kier alpha value is -1.88. The van der Waals surface area contributed by atoms with E-state index in [1.54, 1.807) is 12.3 Å². The highest BCUT2D eigenvalue weighted by Gasteiger charge is 2.14. The van der Waals surface area contributed by atoms with Crippen molar-refractivity contribution in [3.05, 3.63) is 46.4 Å². The van der Waals surface area contributed by atoms with E-state index < -0.39 is 0 Å². The first kappa shape index (κ1) is 14.1. The zero-order valence-corrected chi connectivity index (χ0v) is 12.7. The number of nitrogens with zero attached hydrogens (tertiary/aromatic N) is 2. The van der Waals surface area contributed by atoms with Gasteiger partial charge in [-0.05, 0) is 30.4 Å². The van der Waals surface area contributed by atoms with Gasteiger partial charge < -0.3 is 4.57 Å². The summed E-state index contributed by atoms with van der Waals surface area (Å²) in [4.78, 5) is 12.4. The largest absolute Gasteiger partial charge is 0.351 e. The number of hydrogen-bond donors (Lipinski definition) is 1. The second-order valence-corrected chi connectivity index (χ2v) is 6.31. The molecule has 0 spiro atoms. The summed E-state index contributed by atoms with van der Waals surface area (Å²) in [5, 5.41) is 5.90. The van der Waals surface area contributed by atoms with Gasteiger partial charge in [0, 0.05) is 24.0 Å². The molecule has 0 radical (unpaired) electrons. The summed E-state index contributed by atoms with van der Waals surface area (Å²) in [6.07, 6.45) is 12.5. The Balaban J connectivity index is 1.56. The summed E-state index contributed by atoms with van der Waals surface area (Å²) in [5.74, 6) is -0.159. The molecule has 0 aromatic carbocycles. The summed E-state index contributed by atoms with van der Waals surface area (Å²) in [6.45, 7) is 0. The molecule has 1 saturated carbocycles. The van der Waals surface area contributed by atoms with Crippen molar-refractivity contribution in [3.63, 3.8) is 0 Å². The molecule has 1 fully saturated rings. The molecule has 1 N–H and O–H groups in total. The summed E-state index contributed by atoms with van der Waals surface area (Å²) < 4.78 is 2.28. The first-order valence-electron chi connectivity index (χ1n) is 7.37. The lowest BCUT2D eigenvalue weighted by molar-refractivity contribution is 0.0959. The topological polar surface area (TPSA) is 46.4 Å². The molecule has 1 aliphatic rings. The molecule has 2 heterocycles. The molecule has 0 atom stereocenters. The van der Waals surface area contributed by atoms with Crippen LogP contribution in [0.25, 0.3) is 0 Å². The number of aromatic nitrogens is 1. The van der Waals surface area contributed by atoms with Crippen LogP contribution in [0.5, 0.6) is 0 Å². The number of hydrazone groups is 1. The molecule has 110 valence electrons. The second kappa shape index (κ2) is 6.72. The molecule has 0 saturated heterocycles. The van der Waals surface area contributed by atoms with Crippen LogP contribution in [-0.4, -0.2) is 16.7 Å². The fourth-order valence-corrected chi connectivity index (χ4v) is 3.35. The lowest BCUT2D eigenvalue weighted by Crippen LogP contribution is -2.16. The molecule has 5 heteroatoms. The molecule has 4 nitrogen and oxygen atoms in total. The summed E-state index contributed by atoms with van der Waals surface area (Å²) in [7, 11) is 0. The maximum Gasteiger partial charge on any atom is 0.281 e. The third kappa shape index (κ3) is 3.61. The van der Waals surface area contributed by atoms with Crippen molar-refractivity contribution in [2.75, 3.05) is 0 Å². The summed E-state index contributed by atoms with van der Waals surface area (Å²) in [5.41, 5.74) is 3.57. The monoisotopic (exact) mass is 301 g/mol. The van der Waals surface area contributed by atoms with Gasteiger partial charge in [-0.15, -0.1) is 11.3 Å². The van der Waals surface area contributed by atoms with E-state index in [0.29, 0.717) is 10.9 Å². The quantitative estimate of drug-likeness (QED) is 0.677. The number of rotatable bonds is 4. The van der Waals surface area contributed by atoms with Crippen molar-refractivity contribution in [1.29, 1.82) is 0 Å². The number of carbonyl (C=O) groups is 1. The van der Waals surface area contributed by atoms with Gasteiger partial charge in [-0.3, -0.25) is 4.79 Å². The molecule has 0 aliphatic heterocycles. The number of hydrogen-bond acceptors (Lipinski definition) is 3. The number of amides is 1. The van der Waals surface area contributed by atoms with E-state index in [9.17, 15) is 4.79 Å². The number of thiophene rings is 1. The van der Waals surface area contributed by atoms with Gasteiger partial charge in [0.2, 0.25) is 0 Å². The fraction of sp³-hybridized carbons (Fsp3) is 0.375. The van der Waals surface area contributed by atoms with Crippen molar-refractivity contribution in [3.8, 4) is 0 Å². The van der Waals surface area contributed by atoms with E-state index in [4.69, 9.17) is 0 Å². The molecule has 2 aromatic heterocycles. The van der Waals surface area contributed by atoms with E-state index in [2.05, 4.69) is 27.5 Å². The van der Waals surface area contributed by atoms with Crippen molar-refractivity contribution in [2.45, 2.75) is 38.1 Å². The molecule has 1 aliphatic carbocycles. The average molecular weight is 301 g/mol. The predicted molar refractivity (Wildman–Crippen MR) is 85.9 cm³/mol. The highest BCUT2D eigenvalue weighted by Crippen LogP contribution is 2.28. The second-order valence-electron chi connectivity index (χ2n) is 5.36. The molecule has 0 bridgehead atoms. The van der Waals surface area contributed by atoms with Gasteiger partial charge in [0.25, 0.3) is 5.91 Å². The van der Waals surface area contributed by atoms with Crippen molar-refractivity contribution < 1.29 is 4.79 Å². The maximum absolute atomic E-state index is 11.7. The van der Waals surface area contributed by atoms with Gasteiger partial charge in [0.1, 0.15) is 0 Å². The van der Waals surface area contributed by atoms with E-state index in [1.807, 2.05) is 17.5 Å². The van der Waals surface area contributed by atoms with Crippen LogP contribution < -0.4 is 5.43 Å². The average Bonchev–Trinajstić information content (AvgIpc) is 3.20. The van der Waals surface area contributed by atoms with Crippen LogP contribution in [0.2, 0.25) is 0 Å². The smallest absolute Gasteiger partial charge is 0.281 e. The van der Waals surface area contributed by atoms with Gasteiger partial charge in [0.05, 0.1) is 11.1 Å². The van der Waals surface area contributed by atoms with E-state index >= 15 is 0 Å². The normalized spacial score (nSPS) is 16.4. The Labute approximate surface area is 128 Å². The fourth-order valence-electron chi connectivity index (χ4n) is 2.74. The molecular weight excluding hydrogens is 282 g/mol. The molecule has 3 rings (SSSR count). The van der Waals surface area contributed by atoms with Crippen LogP contribution in [0.1, 0.15) is 53.4 Å². The van der Waals surface area contributed by atoms with Crippen LogP contribution in [0.15, 0.2) is 41.1 Å². The van der Waals surface area contributed by atoms with Crippen LogP contribution in [0, 0.1) is 0 Å². The van der Waals surface area contributed by atoms with E-state index in [0.717, 1.165) is 5.56 Å². The molecule has 0 unspecified atom stereocenters. The summed E-state index contributed by atoms with van der Waals surface area (Å²) in [6, 6.07) is 6.31. The Morgan fingerprint density at radius 1 is 1.33 bits per heavy atom. The van der Waals surface area contributed by atoms with Crippen LogP contribution in [-0.2, 0) is 0 Å². The molecular formula is C16H19N3OS. The molecule has 2 aromatic rings. The lowest BCUT2D eigenvalue weighted by atomic mass is 9.95. The maximum atomic E-state index is 11.7. The van der Waals surface area contributed by atoms with Crippen molar-refractivity contribution in [1.82, 2.24) is 9.99 Å². The molecule has 21 heavy (non-hydrogen) atoms. The third-order valence-corrected chi connectivity index (χ3v) is 4.73. The standard InChI is InChI=1S/C16H19N3OS/c20-16(15-7-4-10-21-15)18-17-11-13-8-9-19(12-13)14-5-2-1-3-6-14/h4,7-12,14H,1-3,5-6H2,(H,18,20)/b17-11+. The Bertz CT molecular complexity index is 609. The predicted octanol–water partition coefficient (Wildman–Crippen LogP) is 3.82. The van der Waals surface area contributed by atoms with Gasteiger partial charge >= 0.3 is 0 Å². The van der Waals surface area contributed by atoms with Crippen molar-refractivity contribution in [2.24, 2.45) is 5.10 Å². The van der Waals surface area contributed by atoms with Crippen molar-refractivity contribution >= 4 is 23.5 Å². The van der Waals surface area contributed by atoms with Crippen LogP contribution in [0.4, 0.5) is 0 Å². The van der Waals surface area contributed by atoms with Gasteiger partial charge in [-0.1, -0.05) is 25.3 Å². The number of nitrogens with one attached hydrogen (secondary N) is 1. The zero-order valence-electron chi connectivity index (χ0n) is 11.9. The Kier molecular flexibility index (Phi) is 4.50. The SMILES string of the molecule is O=C(N/N=C/c1ccn(C2CCCCC2)c1)c1cccs1. The minimum Gasteiger partial charge on any atom is -0.351 e. The first-order valence-corrected chi connectivity index (χ1v) is 8.25. The van der Waals surface area contributed by atoms with E-state index in [-0.39, 0.29) is 5.91 Å². The minimum atomic E-state index is -0.159. The first-order chi connectivity index (χ1) is 10.3. The Morgan fingerprint density at radius 3 is 2.95 bits per heavy atom. The van der Waals surface area contributed by atoms with Gasteiger partial charge in [0.15, 0.2) is 0 Å².